The summed E-state index contributed by atoms with van der Waals surface area (Å²) < 4.78 is 0. The highest BCUT2D eigenvalue weighted by molar-refractivity contribution is 5.91. The van der Waals surface area contributed by atoms with Crippen molar-refractivity contribution < 1.29 is 0 Å². The summed E-state index contributed by atoms with van der Waals surface area (Å²) in [7, 11) is 0. The summed E-state index contributed by atoms with van der Waals surface area (Å²) in [6.45, 7) is 0. The lowest BCUT2D eigenvalue weighted by Crippen LogP contribution is -1.83. The van der Waals surface area contributed by atoms with Crippen molar-refractivity contribution in [3.63, 3.8) is 0 Å². The van der Waals surface area contributed by atoms with Crippen LogP contribution in [0, 0.1) is 0 Å². The zero-order valence-electron chi connectivity index (χ0n) is 8.64. The van der Waals surface area contributed by atoms with Crippen molar-refractivity contribution >= 4 is 16.7 Å². The van der Waals surface area contributed by atoms with E-state index in [1.807, 2.05) is 24.3 Å². The van der Waals surface area contributed by atoms with Gasteiger partial charge in [0, 0.05) is 5.39 Å². The van der Waals surface area contributed by atoms with Gasteiger partial charge in [0.25, 0.3) is 0 Å². The fourth-order valence-electron chi connectivity index (χ4n) is 1.85. The fourth-order valence-corrected chi connectivity index (χ4v) is 1.85. The third-order valence-electron chi connectivity index (χ3n) is 2.70. The van der Waals surface area contributed by atoms with Crippen LogP contribution in [0.5, 0.6) is 0 Å². The normalized spacial score (nSPS) is 10.8. The highest BCUT2D eigenvalue weighted by atomic mass is 15.1. The van der Waals surface area contributed by atoms with Crippen LogP contribution in [-0.4, -0.2) is 10.2 Å². The van der Waals surface area contributed by atoms with Gasteiger partial charge in [-0.15, -0.1) is 0 Å². The Bertz CT molecular complexity index is 626. The maximum Gasteiger partial charge on any atom is 0.153 e. The molecule has 3 nitrogen and oxygen atoms in total. The minimum Gasteiger partial charge on any atom is -0.382 e. The van der Waals surface area contributed by atoms with Crippen LogP contribution < -0.4 is 5.73 Å². The summed E-state index contributed by atoms with van der Waals surface area (Å²) >= 11 is 0. The van der Waals surface area contributed by atoms with E-state index in [4.69, 9.17) is 5.73 Å². The number of nitrogens with one attached hydrogen (secondary N) is 1. The molecule has 3 rings (SSSR count). The number of benzene rings is 2. The molecule has 0 saturated heterocycles. The van der Waals surface area contributed by atoms with Crippen LogP contribution in [0.15, 0.2) is 48.5 Å². The third-order valence-corrected chi connectivity index (χ3v) is 2.70. The van der Waals surface area contributed by atoms with E-state index < -0.39 is 0 Å². The van der Waals surface area contributed by atoms with Crippen molar-refractivity contribution in [2.24, 2.45) is 0 Å². The number of hydrogen-bond donors (Lipinski definition) is 2. The molecule has 3 N–H and O–H groups in total. The fraction of sp³-hybridized carbons (Fsp3) is 0. The van der Waals surface area contributed by atoms with Crippen LogP contribution in [0.25, 0.3) is 22.0 Å². The van der Waals surface area contributed by atoms with E-state index >= 15 is 0 Å². The number of nitrogens with zero attached hydrogens (tertiary/aromatic N) is 1. The van der Waals surface area contributed by atoms with Crippen LogP contribution in [-0.2, 0) is 0 Å². The Morgan fingerprint density at radius 1 is 0.938 bits per heavy atom. The van der Waals surface area contributed by atoms with Crippen molar-refractivity contribution in [3.8, 4) is 11.1 Å². The van der Waals surface area contributed by atoms with Gasteiger partial charge in [-0.3, -0.25) is 5.10 Å². The number of rotatable bonds is 1. The average molecular weight is 209 g/mol. The molecule has 0 aliphatic carbocycles. The Hall–Kier alpha value is -2.29. The number of fused-ring (bicyclic) bond motifs is 1. The molecule has 0 aliphatic rings. The van der Waals surface area contributed by atoms with Gasteiger partial charge in [0.2, 0.25) is 0 Å². The minimum absolute atomic E-state index is 0.551. The molecule has 2 aromatic carbocycles. The highest BCUT2D eigenvalue weighted by Crippen LogP contribution is 2.25. The lowest BCUT2D eigenvalue weighted by molar-refractivity contribution is 1.13. The monoisotopic (exact) mass is 209 g/mol. The third kappa shape index (κ3) is 1.34. The van der Waals surface area contributed by atoms with Crippen molar-refractivity contribution in [3.05, 3.63) is 48.5 Å². The van der Waals surface area contributed by atoms with Gasteiger partial charge < -0.3 is 5.73 Å². The molecule has 78 valence electrons. The van der Waals surface area contributed by atoms with Gasteiger partial charge in [-0.25, -0.2) is 0 Å². The number of aromatic nitrogens is 2. The first-order chi connectivity index (χ1) is 7.84. The molecule has 1 aromatic heterocycles. The summed E-state index contributed by atoms with van der Waals surface area (Å²) in [5.41, 5.74) is 9.05. The number of nitrogen functional groups attached to an aromatic ring is 1. The van der Waals surface area contributed by atoms with E-state index in [2.05, 4.69) is 34.5 Å². The molecule has 0 fully saturated rings. The first-order valence-corrected chi connectivity index (χ1v) is 5.13. The van der Waals surface area contributed by atoms with Crippen molar-refractivity contribution in [1.82, 2.24) is 10.2 Å². The highest BCUT2D eigenvalue weighted by Gasteiger charge is 2.03. The van der Waals surface area contributed by atoms with Gasteiger partial charge in [-0.05, 0) is 23.3 Å². The second kappa shape index (κ2) is 3.38. The molecular weight excluding hydrogens is 198 g/mol. The number of aromatic amines is 1. The summed E-state index contributed by atoms with van der Waals surface area (Å²) in [6, 6.07) is 16.4. The summed E-state index contributed by atoms with van der Waals surface area (Å²) in [4.78, 5) is 0. The molecule has 0 unspecified atom stereocenters. The Balaban J connectivity index is 2.19. The largest absolute Gasteiger partial charge is 0.382 e. The molecule has 0 bridgehead atoms. The Labute approximate surface area is 92.9 Å². The van der Waals surface area contributed by atoms with Gasteiger partial charge in [0.15, 0.2) is 5.82 Å². The second-order valence-corrected chi connectivity index (χ2v) is 3.74. The van der Waals surface area contributed by atoms with Crippen molar-refractivity contribution in [2.75, 3.05) is 5.73 Å². The molecule has 0 atom stereocenters. The molecule has 3 aromatic rings. The minimum atomic E-state index is 0.551. The number of H-pyrrole nitrogens is 1. The number of hydrogen-bond acceptors (Lipinski definition) is 2. The number of anilines is 1. The zero-order chi connectivity index (χ0) is 11.0. The molecule has 0 saturated carbocycles. The average Bonchev–Trinajstić information content (AvgIpc) is 2.72. The number of nitrogens with two attached hydrogens (primary N) is 1. The van der Waals surface area contributed by atoms with Crippen molar-refractivity contribution in [1.29, 1.82) is 0 Å². The maximum atomic E-state index is 5.72. The van der Waals surface area contributed by atoms with Gasteiger partial charge in [-0.2, -0.15) is 5.10 Å². The standard InChI is InChI=1S/C13H11N3/c14-13-11-7-6-10(8-12(11)15-16-13)9-4-2-1-3-5-9/h1-8H,(H3,14,15,16). The molecule has 0 radical (unpaired) electrons. The Kier molecular flexibility index (Phi) is 1.90. The van der Waals surface area contributed by atoms with E-state index in [1.165, 1.54) is 5.56 Å². The van der Waals surface area contributed by atoms with E-state index in [-0.39, 0.29) is 0 Å². The summed E-state index contributed by atoms with van der Waals surface area (Å²) in [5, 5.41) is 7.88. The Morgan fingerprint density at radius 3 is 2.56 bits per heavy atom. The van der Waals surface area contributed by atoms with E-state index in [0.717, 1.165) is 16.5 Å². The molecule has 1 heterocycles. The van der Waals surface area contributed by atoms with Gasteiger partial charge in [0.1, 0.15) is 0 Å². The van der Waals surface area contributed by atoms with E-state index in [9.17, 15) is 0 Å². The van der Waals surface area contributed by atoms with Crippen LogP contribution in [0.4, 0.5) is 5.82 Å². The predicted octanol–water partition coefficient (Wildman–Crippen LogP) is 2.81. The molecule has 0 aliphatic heterocycles. The second-order valence-electron chi connectivity index (χ2n) is 3.74. The SMILES string of the molecule is Nc1n[nH]c2cc(-c3ccccc3)ccc12. The maximum absolute atomic E-state index is 5.72. The van der Waals surface area contributed by atoms with Crippen LogP contribution in [0.1, 0.15) is 0 Å². The topological polar surface area (TPSA) is 54.7 Å². The predicted molar refractivity (Wildman–Crippen MR) is 65.9 cm³/mol. The molecule has 0 spiro atoms. The summed E-state index contributed by atoms with van der Waals surface area (Å²) in [6.07, 6.45) is 0. The van der Waals surface area contributed by atoms with Crippen LogP contribution >= 0.6 is 0 Å². The molecule has 3 heteroatoms. The first kappa shape index (κ1) is 8.97. The van der Waals surface area contributed by atoms with Crippen molar-refractivity contribution in [2.45, 2.75) is 0 Å². The lowest BCUT2D eigenvalue weighted by atomic mass is 10.0. The lowest BCUT2D eigenvalue weighted by Gasteiger charge is -2.00. The van der Waals surface area contributed by atoms with E-state index in [0.29, 0.717) is 5.82 Å². The Morgan fingerprint density at radius 2 is 1.75 bits per heavy atom. The van der Waals surface area contributed by atoms with Crippen LogP contribution in [0.2, 0.25) is 0 Å². The van der Waals surface area contributed by atoms with E-state index in [1.54, 1.807) is 0 Å². The zero-order valence-corrected chi connectivity index (χ0v) is 8.64. The van der Waals surface area contributed by atoms with Gasteiger partial charge in [-0.1, -0.05) is 36.4 Å². The molecule has 0 amide bonds. The van der Waals surface area contributed by atoms with Gasteiger partial charge in [0.05, 0.1) is 5.52 Å². The van der Waals surface area contributed by atoms with Crippen LogP contribution in [0.3, 0.4) is 0 Å². The smallest absolute Gasteiger partial charge is 0.153 e. The first-order valence-electron chi connectivity index (χ1n) is 5.13. The molecular formula is C13H11N3. The summed E-state index contributed by atoms with van der Waals surface area (Å²) in [5.74, 6) is 0.551. The molecule has 16 heavy (non-hydrogen) atoms. The van der Waals surface area contributed by atoms with Gasteiger partial charge >= 0.3 is 0 Å². The quantitative estimate of drug-likeness (QED) is 0.647.